The number of hydrogen-bond donors (Lipinski definition) is 5. The molecule has 3 unspecified atom stereocenters. The van der Waals surface area contributed by atoms with Crippen molar-refractivity contribution in [2.24, 2.45) is 5.73 Å². The zero-order valence-corrected chi connectivity index (χ0v) is 63.1. The molecule has 0 saturated carbocycles. The lowest BCUT2D eigenvalue weighted by Crippen LogP contribution is -2.58. The number of hydrogen-bond acceptors (Lipinski definition) is 29. The molecule has 0 aromatic carbocycles. The van der Waals surface area contributed by atoms with Gasteiger partial charge in [-0.2, -0.15) is 0 Å². The summed E-state index contributed by atoms with van der Waals surface area (Å²) in [6.07, 6.45) is 9.85. The molecule has 3 atom stereocenters. The van der Waals surface area contributed by atoms with Gasteiger partial charge in [-0.15, -0.1) is 0 Å². The van der Waals surface area contributed by atoms with E-state index in [2.05, 4.69) is 5.32 Å². The lowest BCUT2D eigenvalue weighted by atomic mass is 10.0. The van der Waals surface area contributed by atoms with Crippen LogP contribution in [0.5, 0.6) is 0 Å². The third-order valence-corrected chi connectivity index (χ3v) is 17.0. The fraction of sp³-hybridized carbons (Fsp3) is 0.892. The number of ether oxygens (including phenoxy) is 12. The first-order valence-electron chi connectivity index (χ1n) is 35.3. The number of carbonyl (C=O) groups excluding carboxylic acids is 7. The van der Waals surface area contributed by atoms with Gasteiger partial charge in [-0.25, -0.2) is 13.7 Å². The highest BCUT2D eigenvalue weighted by atomic mass is 31.2. The molecule has 594 valence electrons. The topological polar surface area (TPSA) is 436 Å². The lowest BCUT2D eigenvalue weighted by molar-refractivity contribution is -0.130. The highest BCUT2D eigenvalue weighted by Gasteiger charge is 2.34. The van der Waals surface area contributed by atoms with Crippen molar-refractivity contribution in [1.29, 1.82) is 0 Å². The van der Waals surface area contributed by atoms with Gasteiger partial charge in [-0.1, -0.05) is 19.3 Å². The fourth-order valence-electron chi connectivity index (χ4n) is 8.57. The predicted octanol–water partition coefficient (Wildman–Crippen LogP) is 6.85. The Kier molecular flexibility index (Phi) is 66.1. The van der Waals surface area contributed by atoms with Gasteiger partial charge in [-0.3, -0.25) is 46.3 Å². The van der Waals surface area contributed by atoms with E-state index in [0.717, 1.165) is 0 Å². The highest BCUT2D eigenvalue weighted by molar-refractivity contribution is 7.47. The van der Waals surface area contributed by atoms with E-state index in [1.54, 1.807) is 0 Å². The first-order chi connectivity index (χ1) is 48.5. The predicted molar refractivity (Wildman–Crippen MR) is 368 cm³/mol. The number of phosphoric ester groups is 3. The second kappa shape index (κ2) is 67.9. The third kappa shape index (κ3) is 71.3. The first-order valence-corrected chi connectivity index (χ1v) is 39.8. The minimum absolute atomic E-state index is 0.0107. The summed E-state index contributed by atoms with van der Waals surface area (Å²) in [5.41, 5.74) is 4.43. The van der Waals surface area contributed by atoms with E-state index in [0.29, 0.717) is 123 Å². The highest BCUT2D eigenvalue weighted by Crippen LogP contribution is 2.44. The number of ketones is 6. The van der Waals surface area contributed by atoms with Crippen molar-refractivity contribution in [1.82, 2.24) is 5.32 Å². The number of carbonyl (C=O) groups is 7. The van der Waals surface area contributed by atoms with Crippen LogP contribution in [-0.4, -0.2) is 266 Å². The van der Waals surface area contributed by atoms with Crippen LogP contribution in [0.1, 0.15) is 168 Å². The molecular formula is C65H123N2O31P3. The fourth-order valence-corrected chi connectivity index (χ4v) is 10.8. The van der Waals surface area contributed by atoms with Crippen LogP contribution in [0.15, 0.2) is 0 Å². The van der Waals surface area contributed by atoms with Crippen LogP contribution in [0, 0.1) is 0 Å². The van der Waals surface area contributed by atoms with E-state index in [1.807, 2.05) is 0 Å². The number of rotatable bonds is 82. The maximum absolute atomic E-state index is 13.3. The Hall–Kier alpha value is -2.70. The first kappa shape index (κ1) is 98.3. The number of Topliss-reactive ketones (excluding diaryl/α,β-unsaturated/α-hetero) is 6. The number of amides is 1. The van der Waals surface area contributed by atoms with E-state index in [-0.39, 0.29) is 270 Å². The summed E-state index contributed by atoms with van der Waals surface area (Å²) in [4.78, 5) is 114. The molecule has 101 heavy (non-hydrogen) atoms. The van der Waals surface area contributed by atoms with Crippen molar-refractivity contribution in [3.63, 3.8) is 0 Å². The van der Waals surface area contributed by atoms with Crippen LogP contribution in [0.4, 0.5) is 0 Å². The zero-order chi connectivity index (χ0) is 74.7. The SMILES string of the molecule is CC(=O)CCCCCOP(=O)(O)OCCOCCOCCOCCCC(=O)CCOCC(COCCC(=O)CCCOCCOCCOCCOP(=O)(O)OCCCCCC(C)=O)(COCCC(=O)CCCOCCOCCOCCOP(=O)(O)OCCCCCC(C)=O)NC(=O)CCCN. The summed E-state index contributed by atoms with van der Waals surface area (Å²) >= 11 is 0. The summed E-state index contributed by atoms with van der Waals surface area (Å²) in [6.45, 7) is 8.22. The van der Waals surface area contributed by atoms with E-state index >= 15 is 0 Å². The van der Waals surface area contributed by atoms with Gasteiger partial charge < -0.3 is 97.0 Å². The van der Waals surface area contributed by atoms with Gasteiger partial charge in [0, 0.05) is 84.0 Å². The molecular weight excluding hydrogens is 1400 g/mol. The van der Waals surface area contributed by atoms with E-state index < -0.39 is 29.0 Å². The molecule has 0 rings (SSSR count). The Balaban J connectivity index is 4.96. The third-order valence-electron chi connectivity index (χ3n) is 13.9. The van der Waals surface area contributed by atoms with E-state index in [4.69, 9.17) is 89.7 Å². The molecule has 1 amide bonds. The summed E-state index contributed by atoms with van der Waals surface area (Å²) in [7, 11) is -12.6. The molecule has 0 aliphatic carbocycles. The van der Waals surface area contributed by atoms with Crippen LogP contribution in [0.3, 0.4) is 0 Å². The molecule has 0 aliphatic heterocycles. The van der Waals surface area contributed by atoms with Crippen molar-refractivity contribution in [3.05, 3.63) is 0 Å². The molecule has 0 aromatic heterocycles. The monoisotopic (exact) mass is 1520 g/mol. The minimum atomic E-state index is -4.20. The summed E-state index contributed by atoms with van der Waals surface area (Å²) in [5, 5.41) is 2.99. The minimum Gasteiger partial charge on any atom is -0.379 e. The van der Waals surface area contributed by atoms with Gasteiger partial charge in [-0.05, 0) is 91.5 Å². The Morgan fingerprint density at radius 2 is 0.525 bits per heavy atom. The van der Waals surface area contributed by atoms with Crippen LogP contribution < -0.4 is 11.1 Å². The molecule has 33 nitrogen and oxygen atoms in total. The van der Waals surface area contributed by atoms with Gasteiger partial charge in [0.1, 0.15) is 40.2 Å². The van der Waals surface area contributed by atoms with Gasteiger partial charge in [0.05, 0.1) is 178 Å². The van der Waals surface area contributed by atoms with Crippen molar-refractivity contribution >= 4 is 64.1 Å². The molecule has 36 heteroatoms. The molecule has 0 spiro atoms. The number of nitrogens with one attached hydrogen (secondary N) is 1. The zero-order valence-electron chi connectivity index (χ0n) is 60.4. The second-order valence-corrected chi connectivity index (χ2v) is 27.9. The van der Waals surface area contributed by atoms with Crippen LogP contribution in [0.2, 0.25) is 0 Å². The largest absolute Gasteiger partial charge is 0.472 e. The van der Waals surface area contributed by atoms with Crippen LogP contribution in [0.25, 0.3) is 0 Å². The summed E-state index contributed by atoms with van der Waals surface area (Å²) in [6, 6.07) is 0. The molecule has 0 aliphatic rings. The molecule has 0 heterocycles. The average molecular weight is 1520 g/mol. The maximum Gasteiger partial charge on any atom is 0.472 e. The molecule has 0 aromatic rings. The Bertz CT molecular complexity index is 2040. The van der Waals surface area contributed by atoms with Gasteiger partial charge in [0.25, 0.3) is 0 Å². The Morgan fingerprint density at radius 1 is 0.277 bits per heavy atom. The Morgan fingerprint density at radius 3 is 0.782 bits per heavy atom. The molecule has 0 fully saturated rings. The second-order valence-electron chi connectivity index (χ2n) is 23.5. The number of phosphoric acid groups is 3. The molecule has 6 N–H and O–H groups in total. The molecule has 0 bridgehead atoms. The normalized spacial score (nSPS) is 14.1. The summed E-state index contributed by atoms with van der Waals surface area (Å²) in [5.74, 6) is -0.300. The van der Waals surface area contributed by atoms with Gasteiger partial charge in [0.15, 0.2) is 0 Å². The smallest absolute Gasteiger partial charge is 0.379 e. The van der Waals surface area contributed by atoms with Gasteiger partial charge >= 0.3 is 23.5 Å². The van der Waals surface area contributed by atoms with Crippen molar-refractivity contribution in [3.8, 4) is 0 Å². The lowest BCUT2D eigenvalue weighted by Gasteiger charge is -2.34. The van der Waals surface area contributed by atoms with Crippen molar-refractivity contribution < 1.29 is 146 Å². The Labute approximate surface area is 597 Å². The van der Waals surface area contributed by atoms with E-state index in [1.165, 1.54) is 20.8 Å². The van der Waals surface area contributed by atoms with Gasteiger partial charge in [0.2, 0.25) is 5.91 Å². The van der Waals surface area contributed by atoms with Crippen LogP contribution >= 0.6 is 23.5 Å². The molecule has 0 radical (unpaired) electrons. The van der Waals surface area contributed by atoms with Crippen molar-refractivity contribution in [2.45, 2.75) is 174 Å². The average Bonchev–Trinajstić information content (AvgIpc) is 0.865. The van der Waals surface area contributed by atoms with Crippen LogP contribution in [-0.2, 0) is 131 Å². The quantitative estimate of drug-likeness (QED) is 0.0307. The number of nitrogens with two attached hydrogens (primary N) is 1. The van der Waals surface area contributed by atoms with E-state index in [9.17, 15) is 61.9 Å². The van der Waals surface area contributed by atoms with Crippen molar-refractivity contribution in [2.75, 3.05) is 205 Å². The number of unbranched alkanes of at least 4 members (excludes halogenated alkanes) is 6. The maximum atomic E-state index is 13.3. The standard InChI is InChI=1S/C65H123N2O31P3/c1-58(68)17-7-4-10-31-93-99(75,76)96-52-49-87-46-43-84-40-37-81-28-14-20-61(71)24-34-90-55-65(67-64(74)23-13-27-66,56-91-35-25-62(72)21-15-29-82-38-41-85-44-47-88-50-53-97-100(77,78)94-32-11-5-8-18-59(2)69)57-92-36-26-63(73)22-16-30-83-39-42-86-45-48-89-51-54-98-101(79,80)95-33-12-6-9-19-60(3)70/h4-57,66H2,1-3H3,(H,67,74)(H,75,76)(H,77,78)(H,79,80). The molecule has 0 saturated heterocycles. The summed E-state index contributed by atoms with van der Waals surface area (Å²) < 4.78 is 133.